The van der Waals surface area contributed by atoms with Crippen LogP contribution in [0.4, 0.5) is 0 Å². The van der Waals surface area contributed by atoms with E-state index in [0.29, 0.717) is 0 Å². The van der Waals surface area contributed by atoms with Gasteiger partial charge in [0, 0.05) is 16.7 Å². The van der Waals surface area contributed by atoms with Crippen LogP contribution in [0.1, 0.15) is 35.4 Å². The molecule has 0 saturated carbocycles. The first-order valence-corrected chi connectivity index (χ1v) is 7.60. The van der Waals surface area contributed by atoms with Crippen LogP contribution in [-0.4, -0.2) is 11.6 Å². The normalized spacial score (nSPS) is 19.4. The first-order chi connectivity index (χ1) is 9.74. The number of halogens is 1. The summed E-state index contributed by atoms with van der Waals surface area (Å²) in [6, 6.07) is 12.3. The Morgan fingerprint density at radius 3 is 2.95 bits per heavy atom. The lowest BCUT2D eigenvalue weighted by molar-refractivity contribution is 0.0317. The fraction of sp³-hybridized carbons (Fsp3) is 0.312. The molecule has 4 heteroatoms. The summed E-state index contributed by atoms with van der Waals surface area (Å²) >= 11 is 3.39. The number of hydrogen-bond donors (Lipinski definition) is 1. The maximum Gasteiger partial charge on any atom is 0.0846 e. The van der Waals surface area contributed by atoms with Crippen molar-refractivity contribution < 1.29 is 4.74 Å². The van der Waals surface area contributed by atoms with Gasteiger partial charge in [-0.15, -0.1) is 0 Å². The van der Waals surface area contributed by atoms with Gasteiger partial charge in [0.1, 0.15) is 0 Å². The molecule has 1 aromatic heterocycles. The smallest absolute Gasteiger partial charge is 0.0846 e. The average molecular weight is 333 g/mol. The van der Waals surface area contributed by atoms with E-state index in [-0.39, 0.29) is 12.1 Å². The molecule has 2 aromatic rings. The molecule has 0 bridgehead atoms. The monoisotopic (exact) mass is 332 g/mol. The van der Waals surface area contributed by atoms with Crippen molar-refractivity contribution in [3.8, 4) is 0 Å². The molecule has 0 saturated heterocycles. The molecule has 1 aliphatic heterocycles. The Labute approximate surface area is 127 Å². The number of hydrogen-bond acceptors (Lipinski definition) is 3. The molecule has 2 unspecified atom stereocenters. The molecule has 3 nitrogen and oxygen atoms in total. The van der Waals surface area contributed by atoms with Crippen molar-refractivity contribution in [2.24, 2.45) is 5.73 Å². The van der Waals surface area contributed by atoms with Gasteiger partial charge in [0.05, 0.1) is 18.4 Å². The second-order valence-electron chi connectivity index (χ2n) is 5.05. The third-order valence-corrected chi connectivity index (χ3v) is 4.16. The summed E-state index contributed by atoms with van der Waals surface area (Å²) < 4.78 is 6.87. The molecule has 2 heterocycles. The second-order valence-corrected chi connectivity index (χ2v) is 5.97. The molecule has 0 amide bonds. The first-order valence-electron chi connectivity index (χ1n) is 6.80. The number of rotatable bonds is 3. The van der Waals surface area contributed by atoms with Crippen molar-refractivity contribution in [3.05, 3.63) is 63.9 Å². The zero-order valence-electron chi connectivity index (χ0n) is 11.1. The van der Waals surface area contributed by atoms with Crippen LogP contribution in [-0.2, 0) is 11.2 Å². The highest BCUT2D eigenvalue weighted by Crippen LogP contribution is 2.33. The van der Waals surface area contributed by atoms with Gasteiger partial charge in [-0.1, -0.05) is 24.3 Å². The Hall–Kier alpha value is -1.23. The molecule has 0 fully saturated rings. The number of ether oxygens (including phenoxy) is 1. The van der Waals surface area contributed by atoms with Gasteiger partial charge in [0.25, 0.3) is 0 Å². The van der Waals surface area contributed by atoms with Gasteiger partial charge in [0.2, 0.25) is 0 Å². The SMILES string of the molecule is NC(CC1OCCc2ccccc21)c1ccc(Br)cn1. The van der Waals surface area contributed by atoms with Crippen molar-refractivity contribution in [1.29, 1.82) is 0 Å². The summed E-state index contributed by atoms with van der Waals surface area (Å²) in [6.07, 6.45) is 3.59. The van der Waals surface area contributed by atoms with Crippen LogP contribution < -0.4 is 5.73 Å². The molecule has 2 N–H and O–H groups in total. The third kappa shape index (κ3) is 2.92. The van der Waals surface area contributed by atoms with Gasteiger partial charge in [0.15, 0.2) is 0 Å². The number of benzene rings is 1. The number of nitrogens with two attached hydrogens (primary N) is 1. The fourth-order valence-electron chi connectivity index (χ4n) is 2.63. The molecule has 20 heavy (non-hydrogen) atoms. The van der Waals surface area contributed by atoms with Crippen molar-refractivity contribution in [1.82, 2.24) is 4.98 Å². The van der Waals surface area contributed by atoms with E-state index in [9.17, 15) is 0 Å². The topological polar surface area (TPSA) is 48.1 Å². The van der Waals surface area contributed by atoms with Crippen LogP contribution in [0, 0.1) is 0 Å². The Morgan fingerprint density at radius 1 is 1.30 bits per heavy atom. The number of pyridine rings is 1. The Balaban J connectivity index is 1.77. The summed E-state index contributed by atoms with van der Waals surface area (Å²) in [5.41, 5.74) is 9.82. The molecule has 0 aliphatic carbocycles. The van der Waals surface area contributed by atoms with E-state index in [1.807, 2.05) is 12.1 Å². The van der Waals surface area contributed by atoms with Crippen LogP contribution in [0.15, 0.2) is 47.1 Å². The molecular formula is C16H17BrN2O. The lowest BCUT2D eigenvalue weighted by atomic mass is 9.93. The number of aromatic nitrogens is 1. The summed E-state index contributed by atoms with van der Waals surface area (Å²) in [7, 11) is 0. The standard InChI is InChI=1S/C16H17BrN2O/c17-12-5-6-15(19-10-12)14(18)9-16-13-4-2-1-3-11(13)7-8-20-16/h1-6,10,14,16H,7-9,18H2. The van der Waals surface area contributed by atoms with Crippen molar-refractivity contribution in [2.75, 3.05) is 6.61 Å². The van der Waals surface area contributed by atoms with Gasteiger partial charge in [-0.05, 0) is 52.0 Å². The average Bonchev–Trinajstić information content (AvgIpc) is 2.48. The van der Waals surface area contributed by atoms with Gasteiger partial charge in [-0.2, -0.15) is 0 Å². The molecular weight excluding hydrogens is 316 g/mol. The molecule has 104 valence electrons. The fourth-order valence-corrected chi connectivity index (χ4v) is 2.86. The highest BCUT2D eigenvalue weighted by molar-refractivity contribution is 9.10. The number of fused-ring (bicyclic) bond motifs is 1. The van der Waals surface area contributed by atoms with Gasteiger partial charge < -0.3 is 10.5 Å². The van der Waals surface area contributed by atoms with E-state index in [4.69, 9.17) is 10.5 Å². The number of nitrogens with zero attached hydrogens (tertiary/aromatic N) is 1. The molecule has 0 radical (unpaired) electrons. The zero-order valence-corrected chi connectivity index (χ0v) is 12.7. The van der Waals surface area contributed by atoms with E-state index in [2.05, 4.69) is 45.2 Å². The predicted molar refractivity (Wildman–Crippen MR) is 82.3 cm³/mol. The third-order valence-electron chi connectivity index (χ3n) is 3.69. The van der Waals surface area contributed by atoms with Crippen LogP contribution in [0.5, 0.6) is 0 Å². The Bertz CT molecular complexity index is 585. The van der Waals surface area contributed by atoms with Crippen LogP contribution in [0.2, 0.25) is 0 Å². The highest BCUT2D eigenvalue weighted by atomic mass is 79.9. The lowest BCUT2D eigenvalue weighted by Crippen LogP contribution is -2.22. The molecule has 1 aliphatic rings. The molecule has 3 rings (SSSR count). The largest absolute Gasteiger partial charge is 0.373 e. The van der Waals surface area contributed by atoms with Crippen molar-refractivity contribution >= 4 is 15.9 Å². The predicted octanol–water partition coefficient (Wildman–Crippen LogP) is 3.55. The molecule has 1 aromatic carbocycles. The van der Waals surface area contributed by atoms with E-state index in [1.54, 1.807) is 6.20 Å². The second kappa shape index (κ2) is 6.04. The van der Waals surface area contributed by atoms with Crippen LogP contribution >= 0.6 is 15.9 Å². The highest BCUT2D eigenvalue weighted by Gasteiger charge is 2.23. The quantitative estimate of drug-likeness (QED) is 0.934. The first kappa shape index (κ1) is 13.7. The van der Waals surface area contributed by atoms with Gasteiger partial charge in [-0.25, -0.2) is 0 Å². The summed E-state index contributed by atoms with van der Waals surface area (Å²) in [4.78, 5) is 4.37. The van der Waals surface area contributed by atoms with Gasteiger partial charge in [-0.3, -0.25) is 4.98 Å². The van der Waals surface area contributed by atoms with Crippen molar-refractivity contribution in [3.63, 3.8) is 0 Å². The lowest BCUT2D eigenvalue weighted by Gasteiger charge is -2.28. The van der Waals surface area contributed by atoms with E-state index in [1.165, 1.54) is 11.1 Å². The Kier molecular flexibility index (Phi) is 4.15. The molecule has 0 spiro atoms. The van der Waals surface area contributed by atoms with Crippen molar-refractivity contribution in [2.45, 2.75) is 25.0 Å². The van der Waals surface area contributed by atoms with Crippen LogP contribution in [0.25, 0.3) is 0 Å². The Morgan fingerprint density at radius 2 is 2.15 bits per heavy atom. The summed E-state index contributed by atoms with van der Waals surface area (Å²) in [6.45, 7) is 0.766. The van der Waals surface area contributed by atoms with E-state index < -0.39 is 0 Å². The maximum absolute atomic E-state index is 6.28. The minimum Gasteiger partial charge on any atom is -0.373 e. The maximum atomic E-state index is 6.28. The van der Waals surface area contributed by atoms with E-state index in [0.717, 1.165) is 29.6 Å². The van der Waals surface area contributed by atoms with E-state index >= 15 is 0 Å². The zero-order chi connectivity index (χ0) is 13.9. The minimum absolute atomic E-state index is 0.0698. The minimum atomic E-state index is -0.112. The summed E-state index contributed by atoms with van der Waals surface area (Å²) in [5.74, 6) is 0. The summed E-state index contributed by atoms with van der Waals surface area (Å²) in [5, 5.41) is 0. The van der Waals surface area contributed by atoms with Gasteiger partial charge >= 0.3 is 0 Å². The molecule has 2 atom stereocenters. The van der Waals surface area contributed by atoms with Crippen LogP contribution in [0.3, 0.4) is 0 Å².